The average molecular weight is 412 g/mol. The van der Waals surface area contributed by atoms with Gasteiger partial charge in [-0.25, -0.2) is 4.98 Å². The predicted octanol–water partition coefficient (Wildman–Crippen LogP) is 4.33. The SMILES string of the molecule is N#Cc1ccc(NC2CC=C(c3cncn3CCn3cccn3)C2)cc1C(F)(F)F. The highest BCUT2D eigenvalue weighted by atomic mass is 19.4. The number of imidazole rings is 1. The minimum Gasteiger partial charge on any atom is -0.382 e. The summed E-state index contributed by atoms with van der Waals surface area (Å²) in [5.41, 5.74) is 1.17. The number of nitrogens with one attached hydrogen (secondary N) is 1. The summed E-state index contributed by atoms with van der Waals surface area (Å²) >= 11 is 0. The Morgan fingerprint density at radius 2 is 2.13 bits per heavy atom. The molecule has 4 rings (SSSR count). The van der Waals surface area contributed by atoms with E-state index in [0.717, 1.165) is 30.4 Å². The lowest BCUT2D eigenvalue weighted by Crippen LogP contribution is -2.17. The highest BCUT2D eigenvalue weighted by Crippen LogP contribution is 2.35. The van der Waals surface area contributed by atoms with E-state index in [1.165, 1.54) is 12.1 Å². The minimum absolute atomic E-state index is 0.0246. The molecule has 0 bridgehead atoms. The van der Waals surface area contributed by atoms with E-state index in [-0.39, 0.29) is 11.6 Å². The van der Waals surface area contributed by atoms with E-state index in [2.05, 4.69) is 26.0 Å². The Kier molecular flexibility index (Phi) is 5.31. The summed E-state index contributed by atoms with van der Waals surface area (Å²) in [6.45, 7) is 1.44. The molecule has 0 fully saturated rings. The van der Waals surface area contributed by atoms with Gasteiger partial charge in [0, 0.05) is 30.7 Å². The molecule has 1 atom stereocenters. The molecular formula is C21H19F3N6. The molecular weight excluding hydrogens is 393 g/mol. The Balaban J connectivity index is 1.42. The van der Waals surface area contributed by atoms with Gasteiger partial charge in [-0.1, -0.05) is 6.08 Å². The second-order valence-electron chi connectivity index (χ2n) is 7.12. The standard InChI is InChI=1S/C21H19F3N6/c22-21(23,24)19-11-18(5-3-16(19)12-25)28-17-4-2-15(10-17)20-13-26-14-29(20)8-9-30-7-1-6-27-30/h1-3,5-7,11,13-14,17,28H,4,8-10H2. The summed E-state index contributed by atoms with van der Waals surface area (Å²) in [5.74, 6) is 0. The van der Waals surface area contributed by atoms with Gasteiger partial charge in [0.15, 0.2) is 0 Å². The second-order valence-corrected chi connectivity index (χ2v) is 7.12. The molecule has 1 N–H and O–H groups in total. The predicted molar refractivity (Wildman–Crippen MR) is 105 cm³/mol. The molecule has 6 nitrogen and oxygen atoms in total. The van der Waals surface area contributed by atoms with Crippen molar-refractivity contribution in [2.24, 2.45) is 0 Å². The van der Waals surface area contributed by atoms with Gasteiger partial charge < -0.3 is 9.88 Å². The minimum atomic E-state index is -4.57. The molecule has 1 aliphatic rings. The highest BCUT2D eigenvalue weighted by molar-refractivity contribution is 5.67. The van der Waals surface area contributed by atoms with Crippen LogP contribution in [0.25, 0.3) is 5.57 Å². The molecule has 2 aromatic heterocycles. The largest absolute Gasteiger partial charge is 0.417 e. The highest BCUT2D eigenvalue weighted by Gasteiger charge is 2.34. The average Bonchev–Trinajstić information content (AvgIpc) is 3.47. The van der Waals surface area contributed by atoms with Crippen molar-refractivity contribution in [2.45, 2.75) is 38.1 Å². The molecule has 1 unspecified atom stereocenters. The van der Waals surface area contributed by atoms with Gasteiger partial charge in [-0.15, -0.1) is 0 Å². The third kappa shape index (κ3) is 4.22. The van der Waals surface area contributed by atoms with E-state index in [1.54, 1.807) is 24.8 Å². The van der Waals surface area contributed by atoms with E-state index >= 15 is 0 Å². The van der Waals surface area contributed by atoms with E-state index in [4.69, 9.17) is 5.26 Å². The van der Waals surface area contributed by atoms with Gasteiger partial charge in [-0.3, -0.25) is 4.68 Å². The molecule has 0 spiro atoms. The molecule has 9 heteroatoms. The summed E-state index contributed by atoms with van der Waals surface area (Å²) in [4.78, 5) is 4.25. The summed E-state index contributed by atoms with van der Waals surface area (Å²) in [7, 11) is 0. The van der Waals surface area contributed by atoms with Crippen molar-refractivity contribution in [3.05, 3.63) is 72.1 Å². The summed E-state index contributed by atoms with van der Waals surface area (Å²) in [6.07, 6.45) is 6.11. The topological polar surface area (TPSA) is 71.5 Å². The number of alkyl halides is 3. The van der Waals surface area contributed by atoms with Gasteiger partial charge in [0.2, 0.25) is 0 Å². The monoisotopic (exact) mass is 412 g/mol. The first kappa shape index (κ1) is 19.8. The number of benzene rings is 1. The second kappa shape index (κ2) is 8.06. The van der Waals surface area contributed by atoms with Crippen LogP contribution in [-0.2, 0) is 19.3 Å². The fourth-order valence-electron chi connectivity index (χ4n) is 3.65. The molecule has 154 valence electrons. The van der Waals surface area contributed by atoms with Crippen LogP contribution in [0.4, 0.5) is 18.9 Å². The Morgan fingerprint density at radius 1 is 1.27 bits per heavy atom. The molecule has 1 aliphatic carbocycles. The molecule has 3 aromatic rings. The number of aromatic nitrogens is 4. The Hall–Kier alpha value is -3.54. The first-order valence-corrected chi connectivity index (χ1v) is 9.49. The van der Waals surface area contributed by atoms with Gasteiger partial charge in [-0.05, 0) is 42.7 Å². The van der Waals surface area contributed by atoms with Crippen molar-refractivity contribution >= 4 is 11.3 Å². The van der Waals surface area contributed by atoms with Gasteiger partial charge in [0.05, 0.1) is 42.0 Å². The van der Waals surface area contributed by atoms with Crippen LogP contribution in [0.1, 0.15) is 29.7 Å². The van der Waals surface area contributed by atoms with E-state index in [1.807, 2.05) is 16.9 Å². The van der Waals surface area contributed by atoms with Crippen molar-refractivity contribution in [1.82, 2.24) is 19.3 Å². The Morgan fingerprint density at radius 3 is 2.87 bits per heavy atom. The molecule has 0 aliphatic heterocycles. The molecule has 1 aromatic carbocycles. The lowest BCUT2D eigenvalue weighted by atomic mass is 10.1. The van der Waals surface area contributed by atoms with Crippen molar-refractivity contribution in [2.75, 3.05) is 5.32 Å². The summed E-state index contributed by atoms with van der Waals surface area (Å²) in [6, 6.07) is 7.18. The fraction of sp³-hybridized carbons (Fsp3) is 0.286. The lowest BCUT2D eigenvalue weighted by Gasteiger charge is -2.17. The normalized spacial score (nSPS) is 16.3. The molecule has 30 heavy (non-hydrogen) atoms. The number of anilines is 1. The van der Waals surface area contributed by atoms with Crippen molar-refractivity contribution in [3.8, 4) is 6.07 Å². The van der Waals surface area contributed by atoms with E-state index < -0.39 is 11.7 Å². The maximum Gasteiger partial charge on any atom is 0.417 e. The Bertz CT molecular complexity index is 1090. The van der Waals surface area contributed by atoms with Crippen LogP contribution in [0.3, 0.4) is 0 Å². The molecule has 2 heterocycles. The first-order valence-electron chi connectivity index (χ1n) is 9.49. The molecule has 0 saturated carbocycles. The number of hydrogen-bond donors (Lipinski definition) is 1. The number of nitriles is 1. The number of rotatable bonds is 6. The zero-order valence-corrected chi connectivity index (χ0v) is 16.0. The van der Waals surface area contributed by atoms with E-state index in [9.17, 15) is 13.2 Å². The summed E-state index contributed by atoms with van der Waals surface area (Å²) in [5, 5.41) is 16.3. The molecule has 0 amide bonds. The van der Waals surface area contributed by atoms with Crippen molar-refractivity contribution < 1.29 is 13.2 Å². The van der Waals surface area contributed by atoms with Crippen LogP contribution in [0.2, 0.25) is 0 Å². The lowest BCUT2D eigenvalue weighted by molar-refractivity contribution is -0.137. The quantitative estimate of drug-likeness (QED) is 0.654. The van der Waals surface area contributed by atoms with Crippen LogP contribution >= 0.6 is 0 Å². The van der Waals surface area contributed by atoms with E-state index in [0.29, 0.717) is 18.5 Å². The zero-order valence-electron chi connectivity index (χ0n) is 16.0. The maximum atomic E-state index is 13.2. The number of nitrogens with zero attached hydrogens (tertiary/aromatic N) is 5. The fourth-order valence-corrected chi connectivity index (χ4v) is 3.65. The van der Waals surface area contributed by atoms with Gasteiger partial charge in [-0.2, -0.15) is 23.5 Å². The van der Waals surface area contributed by atoms with Gasteiger partial charge in [0.1, 0.15) is 0 Å². The molecule has 0 radical (unpaired) electrons. The Labute approximate surface area is 171 Å². The molecule has 0 saturated heterocycles. The summed E-state index contributed by atoms with van der Waals surface area (Å²) < 4.78 is 43.5. The van der Waals surface area contributed by atoms with Gasteiger partial charge >= 0.3 is 6.18 Å². The zero-order chi connectivity index (χ0) is 21.1. The van der Waals surface area contributed by atoms with Crippen LogP contribution < -0.4 is 5.32 Å². The van der Waals surface area contributed by atoms with Crippen LogP contribution in [-0.4, -0.2) is 25.4 Å². The third-order valence-electron chi connectivity index (χ3n) is 5.10. The van der Waals surface area contributed by atoms with Crippen molar-refractivity contribution in [1.29, 1.82) is 5.26 Å². The third-order valence-corrected chi connectivity index (χ3v) is 5.10. The van der Waals surface area contributed by atoms with Crippen LogP contribution in [0.15, 0.2) is 55.3 Å². The van der Waals surface area contributed by atoms with Crippen LogP contribution in [0.5, 0.6) is 0 Å². The number of hydrogen-bond acceptors (Lipinski definition) is 4. The van der Waals surface area contributed by atoms with Crippen LogP contribution in [0, 0.1) is 11.3 Å². The smallest absolute Gasteiger partial charge is 0.382 e. The maximum absolute atomic E-state index is 13.2. The first-order chi connectivity index (χ1) is 14.4. The van der Waals surface area contributed by atoms with Gasteiger partial charge in [0.25, 0.3) is 0 Å². The number of aryl methyl sites for hydroxylation is 2. The van der Waals surface area contributed by atoms with Crippen molar-refractivity contribution in [3.63, 3.8) is 0 Å². The number of halogens is 3.